The van der Waals surface area contributed by atoms with Crippen molar-refractivity contribution in [2.45, 2.75) is 6.18 Å². The van der Waals surface area contributed by atoms with E-state index in [4.69, 9.17) is 23.8 Å². The van der Waals surface area contributed by atoms with Gasteiger partial charge in [-0.05, 0) is 48.6 Å². The zero-order chi connectivity index (χ0) is 16.3. The Kier molecular flexibility index (Phi) is 4.87. The van der Waals surface area contributed by atoms with Gasteiger partial charge in [0.15, 0.2) is 5.11 Å². The first-order valence-electron chi connectivity index (χ1n) is 5.96. The van der Waals surface area contributed by atoms with Crippen LogP contribution in [-0.2, 0) is 6.18 Å². The summed E-state index contributed by atoms with van der Waals surface area (Å²) in [6.07, 6.45) is -4.56. The van der Waals surface area contributed by atoms with E-state index < -0.39 is 17.6 Å². The molecule has 0 heterocycles. The van der Waals surface area contributed by atoms with Crippen LogP contribution in [0.15, 0.2) is 42.5 Å². The zero-order valence-corrected chi connectivity index (χ0v) is 12.4. The molecule has 8 heteroatoms. The molecular formula is C14H9ClF4N2S. The van der Waals surface area contributed by atoms with Crippen molar-refractivity contribution in [2.75, 3.05) is 10.6 Å². The molecule has 116 valence electrons. The van der Waals surface area contributed by atoms with E-state index in [1.54, 1.807) is 24.3 Å². The lowest BCUT2D eigenvalue weighted by molar-refractivity contribution is -0.137. The highest BCUT2D eigenvalue weighted by atomic mass is 35.5. The number of halogens is 5. The fraction of sp³-hybridized carbons (Fsp3) is 0.0714. The molecule has 2 N–H and O–H groups in total. The average molecular weight is 349 g/mol. The molecule has 0 spiro atoms. The van der Waals surface area contributed by atoms with Gasteiger partial charge in [-0.3, -0.25) is 0 Å². The molecule has 22 heavy (non-hydrogen) atoms. The van der Waals surface area contributed by atoms with Crippen LogP contribution in [-0.4, -0.2) is 5.11 Å². The Morgan fingerprint density at radius 1 is 1.05 bits per heavy atom. The van der Waals surface area contributed by atoms with Crippen molar-refractivity contribution in [3.8, 4) is 0 Å². The first-order chi connectivity index (χ1) is 10.3. The average Bonchev–Trinajstić information content (AvgIpc) is 2.40. The SMILES string of the molecule is Fc1ccc(C(F)(F)F)cc1NC(=S)Nc1cccc(Cl)c1. The highest BCUT2D eigenvalue weighted by Crippen LogP contribution is 2.31. The lowest BCUT2D eigenvalue weighted by atomic mass is 10.2. The van der Waals surface area contributed by atoms with E-state index in [-0.39, 0.29) is 10.8 Å². The van der Waals surface area contributed by atoms with Crippen molar-refractivity contribution in [3.63, 3.8) is 0 Å². The third-order valence-corrected chi connectivity index (χ3v) is 3.06. The molecule has 2 rings (SSSR count). The number of anilines is 2. The van der Waals surface area contributed by atoms with Gasteiger partial charge in [-0.1, -0.05) is 17.7 Å². The monoisotopic (exact) mass is 348 g/mol. The number of hydrogen-bond donors (Lipinski definition) is 2. The highest BCUT2D eigenvalue weighted by molar-refractivity contribution is 7.80. The molecule has 0 aliphatic carbocycles. The van der Waals surface area contributed by atoms with Crippen molar-refractivity contribution in [3.05, 3.63) is 58.9 Å². The highest BCUT2D eigenvalue weighted by Gasteiger charge is 2.31. The maximum atomic E-state index is 13.6. The number of hydrogen-bond acceptors (Lipinski definition) is 1. The quantitative estimate of drug-likeness (QED) is 0.568. The van der Waals surface area contributed by atoms with E-state index in [0.29, 0.717) is 22.8 Å². The van der Waals surface area contributed by atoms with Gasteiger partial charge in [0.2, 0.25) is 0 Å². The fourth-order valence-electron chi connectivity index (χ4n) is 1.65. The maximum absolute atomic E-state index is 13.6. The van der Waals surface area contributed by atoms with Crippen LogP contribution >= 0.6 is 23.8 Å². The minimum Gasteiger partial charge on any atom is -0.332 e. The zero-order valence-electron chi connectivity index (χ0n) is 10.8. The minimum atomic E-state index is -4.56. The van der Waals surface area contributed by atoms with E-state index in [1.807, 2.05) is 0 Å². The van der Waals surface area contributed by atoms with Gasteiger partial charge in [0.25, 0.3) is 0 Å². The molecular weight excluding hydrogens is 340 g/mol. The number of alkyl halides is 3. The largest absolute Gasteiger partial charge is 0.416 e. The van der Waals surface area contributed by atoms with Crippen LogP contribution in [0.2, 0.25) is 5.02 Å². The molecule has 0 unspecified atom stereocenters. The molecule has 2 nitrogen and oxygen atoms in total. The Balaban J connectivity index is 2.14. The summed E-state index contributed by atoms with van der Waals surface area (Å²) in [5, 5.41) is 5.50. The van der Waals surface area contributed by atoms with Gasteiger partial charge in [0, 0.05) is 10.7 Å². The molecule has 0 aliphatic rings. The van der Waals surface area contributed by atoms with Crippen LogP contribution < -0.4 is 10.6 Å². The summed E-state index contributed by atoms with van der Waals surface area (Å²) in [7, 11) is 0. The summed E-state index contributed by atoms with van der Waals surface area (Å²) >= 11 is 10.7. The van der Waals surface area contributed by atoms with Crippen LogP contribution in [0.5, 0.6) is 0 Å². The third kappa shape index (κ3) is 4.32. The number of thiocarbonyl (C=S) groups is 1. The lowest BCUT2D eigenvalue weighted by Gasteiger charge is -2.13. The second-order valence-corrected chi connectivity index (χ2v) is 5.13. The van der Waals surface area contributed by atoms with Crippen molar-refractivity contribution in [1.82, 2.24) is 0 Å². The summed E-state index contributed by atoms with van der Waals surface area (Å²) in [4.78, 5) is 0. The maximum Gasteiger partial charge on any atom is 0.416 e. The summed E-state index contributed by atoms with van der Waals surface area (Å²) in [6, 6.07) is 8.58. The summed E-state index contributed by atoms with van der Waals surface area (Å²) in [5.41, 5.74) is -0.811. The van der Waals surface area contributed by atoms with E-state index in [0.717, 1.165) is 6.07 Å². The smallest absolute Gasteiger partial charge is 0.332 e. The Morgan fingerprint density at radius 2 is 1.77 bits per heavy atom. The van der Waals surface area contributed by atoms with Crippen molar-refractivity contribution in [1.29, 1.82) is 0 Å². The van der Waals surface area contributed by atoms with Gasteiger partial charge in [-0.2, -0.15) is 13.2 Å². The van der Waals surface area contributed by atoms with Crippen LogP contribution in [0.3, 0.4) is 0 Å². The van der Waals surface area contributed by atoms with Gasteiger partial charge in [0.1, 0.15) is 5.82 Å². The standard InChI is InChI=1S/C14H9ClF4N2S/c15-9-2-1-3-10(7-9)20-13(22)21-12-6-8(14(17,18)19)4-5-11(12)16/h1-7H,(H2,20,21,22). The Morgan fingerprint density at radius 3 is 2.41 bits per heavy atom. The van der Waals surface area contributed by atoms with Gasteiger partial charge < -0.3 is 10.6 Å². The van der Waals surface area contributed by atoms with Crippen LogP contribution in [0.1, 0.15) is 5.56 Å². The molecule has 0 atom stereocenters. The van der Waals surface area contributed by atoms with Crippen molar-refractivity contribution >= 4 is 40.3 Å². The van der Waals surface area contributed by atoms with E-state index in [2.05, 4.69) is 10.6 Å². The number of rotatable bonds is 2. The summed E-state index contributed by atoms with van der Waals surface area (Å²) in [5.74, 6) is -0.844. The number of nitrogens with one attached hydrogen (secondary N) is 2. The molecule has 0 fully saturated rings. The predicted molar refractivity (Wildman–Crippen MR) is 82.7 cm³/mol. The molecule has 2 aromatic carbocycles. The van der Waals surface area contributed by atoms with Crippen LogP contribution in [0, 0.1) is 5.82 Å². The van der Waals surface area contributed by atoms with E-state index in [9.17, 15) is 17.6 Å². The van der Waals surface area contributed by atoms with Crippen LogP contribution in [0.4, 0.5) is 28.9 Å². The van der Waals surface area contributed by atoms with Crippen LogP contribution in [0.25, 0.3) is 0 Å². The van der Waals surface area contributed by atoms with Gasteiger partial charge in [-0.15, -0.1) is 0 Å². The first-order valence-corrected chi connectivity index (χ1v) is 6.74. The molecule has 0 saturated carbocycles. The normalized spacial score (nSPS) is 11.1. The topological polar surface area (TPSA) is 24.1 Å². The summed E-state index contributed by atoms with van der Waals surface area (Å²) in [6.45, 7) is 0. The third-order valence-electron chi connectivity index (χ3n) is 2.62. The van der Waals surface area contributed by atoms with Crippen molar-refractivity contribution in [2.24, 2.45) is 0 Å². The van der Waals surface area contributed by atoms with Gasteiger partial charge in [0.05, 0.1) is 11.3 Å². The number of benzene rings is 2. The van der Waals surface area contributed by atoms with Gasteiger partial charge >= 0.3 is 6.18 Å². The second kappa shape index (κ2) is 6.50. The molecule has 0 amide bonds. The Labute approximate surface area is 134 Å². The summed E-state index contributed by atoms with van der Waals surface area (Å²) < 4.78 is 51.4. The molecule has 2 aromatic rings. The van der Waals surface area contributed by atoms with E-state index in [1.165, 1.54) is 0 Å². The first kappa shape index (κ1) is 16.5. The van der Waals surface area contributed by atoms with Crippen molar-refractivity contribution < 1.29 is 17.6 Å². The Bertz CT molecular complexity index is 703. The molecule has 0 radical (unpaired) electrons. The minimum absolute atomic E-state index is 0.0551. The molecule has 0 aromatic heterocycles. The lowest BCUT2D eigenvalue weighted by Crippen LogP contribution is -2.20. The second-order valence-electron chi connectivity index (χ2n) is 4.28. The molecule has 0 saturated heterocycles. The Hall–Kier alpha value is -1.86. The molecule has 0 aliphatic heterocycles. The fourth-order valence-corrected chi connectivity index (χ4v) is 2.07. The van der Waals surface area contributed by atoms with Gasteiger partial charge in [-0.25, -0.2) is 4.39 Å². The predicted octanol–water partition coefficient (Wildman–Crippen LogP) is 5.31. The molecule has 0 bridgehead atoms. The van der Waals surface area contributed by atoms with E-state index >= 15 is 0 Å².